The highest BCUT2D eigenvalue weighted by atomic mass is 35.5. The highest BCUT2D eigenvalue weighted by Crippen LogP contribution is 2.20. The van der Waals surface area contributed by atoms with Gasteiger partial charge in [0.05, 0.1) is 16.7 Å². The molecule has 22 heavy (non-hydrogen) atoms. The van der Waals surface area contributed by atoms with Crippen LogP contribution in [0.3, 0.4) is 0 Å². The van der Waals surface area contributed by atoms with E-state index in [0.717, 1.165) is 6.07 Å². The summed E-state index contributed by atoms with van der Waals surface area (Å²) in [6.45, 7) is 0.0590. The molecule has 6 heteroatoms. The van der Waals surface area contributed by atoms with E-state index in [0.29, 0.717) is 5.56 Å². The molecule has 3 nitrogen and oxygen atoms in total. The first kappa shape index (κ1) is 16.4. The first-order chi connectivity index (χ1) is 10.5. The monoisotopic (exact) mass is 325 g/mol. The minimum atomic E-state index is -0.704. The zero-order valence-corrected chi connectivity index (χ0v) is 12.5. The molecule has 0 radical (unpaired) electrons. The van der Waals surface area contributed by atoms with Crippen molar-refractivity contribution in [2.75, 3.05) is 13.7 Å². The number of methoxy groups -OCH3 is 1. The molecule has 0 heterocycles. The number of benzene rings is 2. The summed E-state index contributed by atoms with van der Waals surface area (Å²) in [4.78, 5) is 12.0. The number of carbonyl (C=O) groups is 1. The molecule has 0 bridgehead atoms. The molecule has 2 aromatic carbocycles. The summed E-state index contributed by atoms with van der Waals surface area (Å²) in [6.07, 6.45) is -0.551. The fraction of sp³-hybridized carbons (Fsp3) is 0.188. The summed E-state index contributed by atoms with van der Waals surface area (Å²) in [5, 5.41) is 2.56. The summed E-state index contributed by atoms with van der Waals surface area (Å²) in [7, 11) is 1.44. The van der Waals surface area contributed by atoms with Gasteiger partial charge in [0.25, 0.3) is 5.91 Å². The van der Waals surface area contributed by atoms with E-state index in [1.807, 2.05) is 0 Å². The third kappa shape index (κ3) is 3.81. The first-order valence-corrected chi connectivity index (χ1v) is 6.91. The third-order valence-corrected chi connectivity index (χ3v) is 3.46. The maximum Gasteiger partial charge on any atom is 0.255 e. The Balaban J connectivity index is 2.09. The molecule has 2 aromatic rings. The van der Waals surface area contributed by atoms with Crippen molar-refractivity contribution in [2.24, 2.45) is 0 Å². The van der Waals surface area contributed by atoms with Gasteiger partial charge in [0.1, 0.15) is 11.6 Å². The molecule has 0 aliphatic heterocycles. The van der Waals surface area contributed by atoms with Gasteiger partial charge in [0.15, 0.2) is 0 Å². The molecule has 116 valence electrons. The average Bonchev–Trinajstić information content (AvgIpc) is 2.48. The Bertz CT molecular complexity index is 659. The second-order valence-electron chi connectivity index (χ2n) is 4.59. The van der Waals surface area contributed by atoms with Gasteiger partial charge >= 0.3 is 0 Å². The molecule has 0 aliphatic rings. The van der Waals surface area contributed by atoms with E-state index >= 15 is 0 Å². The Morgan fingerprint density at radius 2 is 2.00 bits per heavy atom. The van der Waals surface area contributed by atoms with Gasteiger partial charge in [-0.2, -0.15) is 0 Å². The molecule has 1 atom stereocenters. The lowest BCUT2D eigenvalue weighted by Gasteiger charge is -2.17. The van der Waals surface area contributed by atoms with E-state index in [4.69, 9.17) is 16.3 Å². The average molecular weight is 326 g/mol. The van der Waals surface area contributed by atoms with Crippen molar-refractivity contribution in [3.63, 3.8) is 0 Å². The number of halogens is 3. The summed E-state index contributed by atoms with van der Waals surface area (Å²) in [6, 6.07) is 9.86. The molecular weight excluding hydrogens is 312 g/mol. The highest BCUT2D eigenvalue weighted by molar-refractivity contribution is 6.33. The molecular formula is C16H14ClF2NO2. The standard InChI is InChI=1S/C16H14ClF2NO2/c1-22-14(10-4-2-5-11(18)8-10)9-20-16(21)15-12(17)6-3-7-13(15)19/h2-8,14H,9H2,1H3,(H,20,21). The lowest BCUT2D eigenvalue weighted by molar-refractivity contribution is 0.0824. The third-order valence-electron chi connectivity index (χ3n) is 3.14. The predicted molar refractivity (Wildman–Crippen MR) is 79.9 cm³/mol. The molecule has 0 saturated heterocycles. The maximum atomic E-state index is 13.7. The maximum absolute atomic E-state index is 13.7. The topological polar surface area (TPSA) is 38.3 Å². The van der Waals surface area contributed by atoms with Crippen LogP contribution in [0.2, 0.25) is 5.02 Å². The Morgan fingerprint density at radius 3 is 2.64 bits per heavy atom. The number of rotatable bonds is 5. The van der Waals surface area contributed by atoms with Crippen LogP contribution < -0.4 is 5.32 Å². The minimum Gasteiger partial charge on any atom is -0.375 e. The van der Waals surface area contributed by atoms with E-state index in [1.165, 1.54) is 31.4 Å². The minimum absolute atomic E-state index is 0.0252. The van der Waals surface area contributed by atoms with Gasteiger partial charge in [-0.25, -0.2) is 8.78 Å². The molecule has 1 N–H and O–H groups in total. The van der Waals surface area contributed by atoms with E-state index in [1.54, 1.807) is 12.1 Å². The molecule has 0 saturated carbocycles. The van der Waals surface area contributed by atoms with Gasteiger partial charge in [-0.1, -0.05) is 29.8 Å². The molecule has 1 amide bonds. The van der Waals surface area contributed by atoms with Crippen molar-refractivity contribution < 1.29 is 18.3 Å². The second-order valence-corrected chi connectivity index (χ2v) is 4.99. The van der Waals surface area contributed by atoms with Crippen molar-refractivity contribution in [1.82, 2.24) is 5.32 Å². The van der Waals surface area contributed by atoms with Crippen LogP contribution in [0, 0.1) is 11.6 Å². The summed E-state index contributed by atoms with van der Waals surface area (Å²) >= 11 is 5.83. The van der Waals surface area contributed by atoms with Crippen molar-refractivity contribution in [3.8, 4) is 0 Å². The Labute approximate surface area is 131 Å². The SMILES string of the molecule is COC(CNC(=O)c1c(F)cccc1Cl)c1cccc(F)c1. The van der Waals surface area contributed by atoms with E-state index in [-0.39, 0.29) is 17.1 Å². The van der Waals surface area contributed by atoms with E-state index in [2.05, 4.69) is 5.32 Å². The smallest absolute Gasteiger partial charge is 0.255 e. The normalized spacial score (nSPS) is 12.0. The predicted octanol–water partition coefficient (Wildman–Crippen LogP) is 3.74. The lowest BCUT2D eigenvalue weighted by atomic mass is 10.1. The van der Waals surface area contributed by atoms with Gasteiger partial charge in [0, 0.05) is 13.7 Å². The molecule has 0 aromatic heterocycles. The zero-order valence-electron chi connectivity index (χ0n) is 11.8. The van der Waals surface area contributed by atoms with Gasteiger partial charge < -0.3 is 10.1 Å². The summed E-state index contributed by atoms with van der Waals surface area (Å²) in [5.41, 5.74) is 0.348. The van der Waals surface area contributed by atoms with Gasteiger partial charge in [-0.3, -0.25) is 4.79 Å². The number of hydrogen-bond donors (Lipinski definition) is 1. The molecule has 0 fully saturated rings. The van der Waals surface area contributed by atoms with E-state index in [9.17, 15) is 13.6 Å². The van der Waals surface area contributed by atoms with Crippen LogP contribution in [-0.4, -0.2) is 19.6 Å². The fourth-order valence-electron chi connectivity index (χ4n) is 2.03. The molecule has 0 aliphatic carbocycles. The second kappa shape index (κ2) is 7.33. The number of nitrogens with one attached hydrogen (secondary N) is 1. The number of amides is 1. The largest absolute Gasteiger partial charge is 0.375 e. The number of hydrogen-bond acceptors (Lipinski definition) is 2. The van der Waals surface area contributed by atoms with Crippen LogP contribution in [0.15, 0.2) is 42.5 Å². The molecule has 0 spiro atoms. The summed E-state index contributed by atoms with van der Waals surface area (Å²) in [5.74, 6) is -1.76. The van der Waals surface area contributed by atoms with Crippen molar-refractivity contribution in [2.45, 2.75) is 6.10 Å². The highest BCUT2D eigenvalue weighted by Gasteiger charge is 2.18. The lowest BCUT2D eigenvalue weighted by Crippen LogP contribution is -2.30. The first-order valence-electron chi connectivity index (χ1n) is 6.53. The molecule has 1 unspecified atom stereocenters. The Hall–Kier alpha value is -1.98. The van der Waals surface area contributed by atoms with Gasteiger partial charge in [0.2, 0.25) is 0 Å². The van der Waals surface area contributed by atoms with Gasteiger partial charge in [-0.05, 0) is 29.8 Å². The summed E-state index contributed by atoms with van der Waals surface area (Å²) < 4.78 is 32.1. The number of ether oxygens (including phenoxy) is 1. The van der Waals surface area contributed by atoms with Crippen LogP contribution in [0.25, 0.3) is 0 Å². The van der Waals surface area contributed by atoms with Gasteiger partial charge in [-0.15, -0.1) is 0 Å². The van der Waals surface area contributed by atoms with E-state index < -0.39 is 23.6 Å². The van der Waals surface area contributed by atoms with Crippen LogP contribution in [0.4, 0.5) is 8.78 Å². The Kier molecular flexibility index (Phi) is 5.46. The number of carbonyl (C=O) groups excluding carboxylic acids is 1. The van der Waals surface area contributed by atoms with Crippen molar-refractivity contribution in [1.29, 1.82) is 0 Å². The van der Waals surface area contributed by atoms with Crippen molar-refractivity contribution >= 4 is 17.5 Å². The van der Waals surface area contributed by atoms with Crippen LogP contribution in [0.1, 0.15) is 22.0 Å². The van der Waals surface area contributed by atoms with Crippen molar-refractivity contribution in [3.05, 3.63) is 70.2 Å². The van der Waals surface area contributed by atoms with Crippen LogP contribution >= 0.6 is 11.6 Å². The van der Waals surface area contributed by atoms with Crippen LogP contribution in [-0.2, 0) is 4.74 Å². The Morgan fingerprint density at radius 1 is 1.27 bits per heavy atom. The molecule has 2 rings (SSSR count). The quantitative estimate of drug-likeness (QED) is 0.909. The fourth-order valence-corrected chi connectivity index (χ4v) is 2.28. The zero-order chi connectivity index (χ0) is 16.1. The van der Waals surface area contributed by atoms with Crippen LogP contribution in [0.5, 0.6) is 0 Å².